The Hall–Kier alpha value is -2.26. The molecule has 150 valence electrons. The van der Waals surface area contributed by atoms with E-state index < -0.39 is 30.1 Å². The number of carbonyl (C=O) groups is 2. The fraction of sp³-hybridized carbons (Fsp3) is 0.556. The van der Waals surface area contributed by atoms with Gasteiger partial charge in [-0.05, 0) is 37.0 Å². The van der Waals surface area contributed by atoms with Gasteiger partial charge in [0.1, 0.15) is 5.75 Å². The average molecular weight is 386 g/mol. The summed E-state index contributed by atoms with van der Waals surface area (Å²) in [7, 11) is 1.27. The Balaban J connectivity index is 2.11. The summed E-state index contributed by atoms with van der Waals surface area (Å²) in [6.45, 7) is -2.03. The molecule has 1 amide bonds. The number of hydrogen-bond donors (Lipinski definition) is 2. The first-order chi connectivity index (χ1) is 12.9. The van der Waals surface area contributed by atoms with Crippen LogP contribution < -0.4 is 15.8 Å². The van der Waals surface area contributed by atoms with Crippen LogP contribution in [0.25, 0.3) is 0 Å². The molecule has 0 radical (unpaired) electrons. The third-order valence-corrected chi connectivity index (χ3v) is 4.56. The Labute approximate surface area is 156 Å². The van der Waals surface area contributed by atoms with E-state index in [2.05, 4.69) is 14.8 Å². The Bertz CT molecular complexity index is 633. The molecule has 1 fully saturated rings. The van der Waals surface area contributed by atoms with E-state index in [1.807, 2.05) is 0 Å². The van der Waals surface area contributed by atoms with Crippen LogP contribution >= 0.6 is 0 Å². The molecule has 1 aromatic rings. The van der Waals surface area contributed by atoms with Crippen molar-refractivity contribution in [1.29, 1.82) is 0 Å². The first kappa shape index (κ1) is 21.0. The van der Waals surface area contributed by atoms with Crippen LogP contribution in [0, 0.1) is 0 Å². The molecule has 7 nitrogen and oxygen atoms in total. The van der Waals surface area contributed by atoms with Crippen molar-refractivity contribution in [1.82, 2.24) is 5.32 Å². The van der Waals surface area contributed by atoms with Crippen LogP contribution in [0.5, 0.6) is 5.75 Å². The molecule has 1 saturated heterocycles. The molecule has 3 N–H and O–H groups in total. The van der Waals surface area contributed by atoms with Gasteiger partial charge in [-0.15, -0.1) is 0 Å². The number of hydrogen-bond acceptors (Lipinski definition) is 6. The van der Waals surface area contributed by atoms with Crippen LogP contribution in [0.3, 0.4) is 0 Å². The SMILES string of the molecule is COC(=O)CC[C@@H](N)C(=O)NC1(c2ccc(OC(F)F)cc2)CCOCC1. The number of esters is 1. The minimum absolute atomic E-state index is 0.0389. The highest BCUT2D eigenvalue weighted by Crippen LogP contribution is 2.33. The maximum absolute atomic E-state index is 12.6. The zero-order valence-corrected chi connectivity index (χ0v) is 15.1. The summed E-state index contributed by atoms with van der Waals surface area (Å²) in [5, 5.41) is 2.97. The monoisotopic (exact) mass is 386 g/mol. The highest BCUT2D eigenvalue weighted by Gasteiger charge is 2.37. The number of carbonyl (C=O) groups excluding carboxylic acids is 2. The number of benzene rings is 1. The van der Waals surface area contributed by atoms with Crippen molar-refractivity contribution in [3.05, 3.63) is 29.8 Å². The van der Waals surface area contributed by atoms with Gasteiger partial charge >= 0.3 is 12.6 Å². The van der Waals surface area contributed by atoms with Gasteiger partial charge in [-0.25, -0.2) is 0 Å². The number of amides is 1. The number of halogens is 2. The van der Waals surface area contributed by atoms with E-state index in [-0.39, 0.29) is 18.6 Å². The molecule has 0 aliphatic carbocycles. The Kier molecular flexibility index (Phi) is 7.49. The molecule has 1 atom stereocenters. The van der Waals surface area contributed by atoms with Crippen molar-refractivity contribution in [2.45, 2.75) is 43.9 Å². The molecule has 9 heteroatoms. The normalized spacial score (nSPS) is 17.2. The van der Waals surface area contributed by atoms with Gasteiger partial charge in [0.15, 0.2) is 0 Å². The summed E-state index contributed by atoms with van der Waals surface area (Å²) in [5.41, 5.74) is 5.93. The largest absolute Gasteiger partial charge is 0.469 e. The summed E-state index contributed by atoms with van der Waals surface area (Å²) < 4.78 is 39.0. The average Bonchev–Trinajstić information content (AvgIpc) is 2.66. The highest BCUT2D eigenvalue weighted by atomic mass is 19.3. The quantitative estimate of drug-likeness (QED) is 0.660. The zero-order chi connectivity index (χ0) is 19.9. The molecule has 27 heavy (non-hydrogen) atoms. The second kappa shape index (κ2) is 9.61. The van der Waals surface area contributed by atoms with Crippen LogP contribution in [0.1, 0.15) is 31.2 Å². The lowest BCUT2D eigenvalue weighted by atomic mass is 9.82. The molecule has 1 aromatic carbocycles. The summed E-state index contributed by atoms with van der Waals surface area (Å²) in [6.07, 6.45) is 1.22. The van der Waals surface area contributed by atoms with E-state index in [0.29, 0.717) is 26.1 Å². The van der Waals surface area contributed by atoms with Gasteiger partial charge < -0.3 is 25.3 Å². The first-order valence-corrected chi connectivity index (χ1v) is 8.64. The topological polar surface area (TPSA) is 99.9 Å². The number of rotatable bonds is 8. The van der Waals surface area contributed by atoms with Crippen molar-refractivity contribution >= 4 is 11.9 Å². The van der Waals surface area contributed by atoms with E-state index >= 15 is 0 Å². The molecule has 2 rings (SSSR count). The van der Waals surface area contributed by atoms with Crippen LogP contribution in [-0.4, -0.2) is 44.9 Å². The molecule has 1 heterocycles. The van der Waals surface area contributed by atoms with E-state index in [4.69, 9.17) is 10.5 Å². The predicted octanol–water partition coefficient (Wildman–Crippen LogP) is 1.69. The van der Waals surface area contributed by atoms with Gasteiger partial charge in [-0.1, -0.05) is 12.1 Å². The molecule has 1 aliphatic rings. The van der Waals surface area contributed by atoms with Crippen molar-refractivity contribution in [3.8, 4) is 5.75 Å². The minimum atomic E-state index is -2.90. The number of nitrogens with one attached hydrogen (secondary N) is 1. The first-order valence-electron chi connectivity index (χ1n) is 8.64. The molecule has 0 bridgehead atoms. The van der Waals surface area contributed by atoms with Crippen LogP contribution in [0.4, 0.5) is 8.78 Å². The van der Waals surface area contributed by atoms with Gasteiger partial charge in [0.2, 0.25) is 5.91 Å². The van der Waals surface area contributed by atoms with Crippen LogP contribution in [0.15, 0.2) is 24.3 Å². The minimum Gasteiger partial charge on any atom is -0.469 e. The predicted molar refractivity (Wildman–Crippen MR) is 92.2 cm³/mol. The second-order valence-corrected chi connectivity index (χ2v) is 6.31. The Morgan fingerprint density at radius 1 is 1.26 bits per heavy atom. The van der Waals surface area contributed by atoms with E-state index in [0.717, 1.165) is 5.56 Å². The lowest BCUT2D eigenvalue weighted by molar-refractivity contribution is -0.140. The lowest BCUT2D eigenvalue weighted by Crippen LogP contribution is -2.54. The van der Waals surface area contributed by atoms with Crippen molar-refractivity contribution in [2.24, 2.45) is 5.73 Å². The lowest BCUT2D eigenvalue weighted by Gasteiger charge is -2.39. The molecular weight excluding hydrogens is 362 g/mol. The third-order valence-electron chi connectivity index (χ3n) is 4.56. The van der Waals surface area contributed by atoms with Gasteiger partial charge in [0, 0.05) is 19.6 Å². The van der Waals surface area contributed by atoms with E-state index in [9.17, 15) is 18.4 Å². The number of nitrogens with two attached hydrogens (primary N) is 1. The number of alkyl halides is 2. The molecular formula is C18H24F2N2O5. The van der Waals surface area contributed by atoms with E-state index in [1.54, 1.807) is 12.1 Å². The van der Waals surface area contributed by atoms with Crippen LogP contribution in [-0.2, 0) is 24.6 Å². The van der Waals surface area contributed by atoms with Gasteiger partial charge in [-0.3, -0.25) is 9.59 Å². The zero-order valence-electron chi connectivity index (χ0n) is 15.1. The maximum atomic E-state index is 12.6. The van der Waals surface area contributed by atoms with Crippen molar-refractivity contribution in [3.63, 3.8) is 0 Å². The Morgan fingerprint density at radius 2 is 1.89 bits per heavy atom. The second-order valence-electron chi connectivity index (χ2n) is 6.31. The Morgan fingerprint density at radius 3 is 2.44 bits per heavy atom. The van der Waals surface area contributed by atoms with Crippen molar-refractivity contribution < 1.29 is 32.6 Å². The summed E-state index contributed by atoms with van der Waals surface area (Å²) in [4.78, 5) is 23.8. The fourth-order valence-corrected chi connectivity index (χ4v) is 3.00. The summed E-state index contributed by atoms with van der Waals surface area (Å²) >= 11 is 0. The third kappa shape index (κ3) is 5.86. The fourth-order valence-electron chi connectivity index (χ4n) is 3.00. The maximum Gasteiger partial charge on any atom is 0.387 e. The standard InChI is InChI=1S/C18H24F2N2O5/c1-25-15(23)7-6-14(21)16(24)22-18(8-10-26-11-9-18)12-2-4-13(5-3-12)27-17(19)20/h2-5,14,17H,6-11,21H2,1H3,(H,22,24)/t14-/m1/s1. The van der Waals surface area contributed by atoms with Crippen LogP contribution in [0.2, 0.25) is 0 Å². The number of methoxy groups -OCH3 is 1. The molecule has 0 unspecified atom stereocenters. The smallest absolute Gasteiger partial charge is 0.387 e. The summed E-state index contributed by atoms with van der Waals surface area (Å²) in [5.74, 6) is -0.792. The van der Waals surface area contributed by atoms with Gasteiger partial charge in [0.25, 0.3) is 0 Å². The molecule has 0 aromatic heterocycles. The number of ether oxygens (including phenoxy) is 3. The van der Waals surface area contributed by atoms with E-state index in [1.165, 1.54) is 19.2 Å². The van der Waals surface area contributed by atoms with Crippen molar-refractivity contribution in [2.75, 3.05) is 20.3 Å². The molecule has 0 spiro atoms. The summed E-state index contributed by atoms with van der Waals surface area (Å²) in [6, 6.07) is 5.28. The molecule has 0 saturated carbocycles. The molecule has 1 aliphatic heterocycles. The van der Waals surface area contributed by atoms with Gasteiger partial charge in [-0.2, -0.15) is 8.78 Å². The van der Waals surface area contributed by atoms with Gasteiger partial charge in [0.05, 0.1) is 18.7 Å². The highest BCUT2D eigenvalue weighted by molar-refractivity contribution is 5.83.